The Bertz CT molecular complexity index is 1130. The van der Waals surface area contributed by atoms with Crippen molar-refractivity contribution in [3.8, 4) is 0 Å². The maximum atomic E-state index is 12.6. The topological polar surface area (TPSA) is 98.9 Å². The molecule has 0 aliphatic rings. The first-order valence-electron chi connectivity index (χ1n) is 7.69. The quantitative estimate of drug-likeness (QED) is 0.676. The highest BCUT2D eigenvalue weighted by atomic mass is 32.2. The minimum absolute atomic E-state index is 0.116. The molecule has 0 aliphatic heterocycles. The molecule has 0 atom stereocenters. The van der Waals surface area contributed by atoms with Gasteiger partial charge in [0, 0.05) is 30.6 Å². The largest absolute Gasteiger partial charge is 0.332 e. The number of fused-ring (bicyclic) bond motifs is 1. The third-order valence-electron chi connectivity index (χ3n) is 3.81. The van der Waals surface area contributed by atoms with E-state index in [1.54, 1.807) is 13.2 Å². The number of nitrogens with zero attached hydrogens (tertiary/aromatic N) is 4. The highest BCUT2D eigenvalue weighted by Gasteiger charge is 2.17. The average molecular weight is 391 g/mol. The number of thiazole rings is 1. The van der Waals surface area contributed by atoms with E-state index in [0.29, 0.717) is 21.1 Å². The molecule has 0 bridgehead atoms. The van der Waals surface area contributed by atoms with Crippen molar-refractivity contribution in [1.29, 1.82) is 0 Å². The second kappa shape index (κ2) is 7.04. The van der Waals surface area contributed by atoms with Crippen LogP contribution >= 0.6 is 23.1 Å². The van der Waals surface area contributed by atoms with Gasteiger partial charge in [0.2, 0.25) is 5.91 Å². The van der Waals surface area contributed by atoms with E-state index in [0.717, 1.165) is 15.8 Å². The fraction of sp³-hybridized carbons (Fsp3) is 0.312. The Morgan fingerprint density at radius 1 is 1.27 bits per heavy atom. The summed E-state index contributed by atoms with van der Waals surface area (Å²) in [6, 6.07) is 0. The maximum Gasteiger partial charge on any atom is 0.332 e. The van der Waals surface area contributed by atoms with Gasteiger partial charge in [0.05, 0.1) is 16.8 Å². The van der Waals surface area contributed by atoms with Gasteiger partial charge < -0.3 is 5.32 Å². The van der Waals surface area contributed by atoms with E-state index in [4.69, 9.17) is 0 Å². The lowest BCUT2D eigenvalue weighted by Gasteiger charge is -2.12. The number of carbonyl (C=O) groups is 1. The molecule has 3 rings (SSSR count). The van der Waals surface area contributed by atoms with E-state index in [1.165, 1.54) is 34.7 Å². The number of thioether (sulfide) groups is 1. The Morgan fingerprint density at radius 3 is 2.65 bits per heavy atom. The van der Waals surface area contributed by atoms with E-state index >= 15 is 0 Å². The Hall–Kier alpha value is -2.46. The molecule has 0 spiro atoms. The van der Waals surface area contributed by atoms with E-state index in [2.05, 4.69) is 15.3 Å². The minimum Gasteiger partial charge on any atom is -0.301 e. The number of rotatable bonds is 4. The standard InChI is InChI=1S/C16H17N5O3S2/c1-8-5-17-13-11(14(23)21(4)16(24)20(13)3)12(8)25-7-10(22)19-15-18-9(2)6-26-15/h5-6H,7H2,1-4H3,(H,18,19,22). The Labute approximate surface area is 156 Å². The Morgan fingerprint density at radius 2 is 2.00 bits per heavy atom. The fourth-order valence-electron chi connectivity index (χ4n) is 2.49. The zero-order valence-electron chi connectivity index (χ0n) is 14.7. The molecule has 0 aliphatic carbocycles. The smallest absolute Gasteiger partial charge is 0.301 e. The van der Waals surface area contributed by atoms with E-state index in [9.17, 15) is 14.4 Å². The lowest BCUT2D eigenvalue weighted by Crippen LogP contribution is -2.37. The summed E-state index contributed by atoms with van der Waals surface area (Å²) in [6.45, 7) is 3.68. The van der Waals surface area contributed by atoms with Crippen molar-refractivity contribution in [1.82, 2.24) is 19.1 Å². The summed E-state index contributed by atoms with van der Waals surface area (Å²) in [6.07, 6.45) is 1.60. The van der Waals surface area contributed by atoms with Gasteiger partial charge in [-0.2, -0.15) is 0 Å². The van der Waals surface area contributed by atoms with Gasteiger partial charge in [0.25, 0.3) is 5.56 Å². The third kappa shape index (κ3) is 3.29. The summed E-state index contributed by atoms with van der Waals surface area (Å²) in [5.41, 5.74) is 1.07. The van der Waals surface area contributed by atoms with E-state index in [-0.39, 0.29) is 11.7 Å². The SMILES string of the molecule is Cc1csc(NC(=O)CSc2c(C)cnc3c2c(=O)n(C)c(=O)n3C)n1. The van der Waals surface area contributed by atoms with Crippen LogP contribution in [0.4, 0.5) is 5.13 Å². The first kappa shape index (κ1) is 18.3. The van der Waals surface area contributed by atoms with Crippen LogP contribution in [0.3, 0.4) is 0 Å². The molecule has 1 N–H and O–H groups in total. The second-order valence-corrected chi connectivity index (χ2v) is 7.65. The molecule has 0 saturated carbocycles. The molecule has 0 fully saturated rings. The molecule has 0 radical (unpaired) electrons. The summed E-state index contributed by atoms with van der Waals surface area (Å²) in [4.78, 5) is 46.0. The molecule has 136 valence electrons. The normalized spacial score (nSPS) is 11.1. The van der Waals surface area contributed by atoms with Crippen LogP contribution in [0.5, 0.6) is 0 Å². The van der Waals surface area contributed by atoms with Crippen LogP contribution < -0.4 is 16.6 Å². The van der Waals surface area contributed by atoms with Crippen LogP contribution in [0, 0.1) is 13.8 Å². The highest BCUT2D eigenvalue weighted by Crippen LogP contribution is 2.27. The number of pyridine rings is 1. The zero-order valence-corrected chi connectivity index (χ0v) is 16.3. The van der Waals surface area contributed by atoms with Crippen LogP contribution in [0.15, 0.2) is 26.1 Å². The third-order valence-corrected chi connectivity index (χ3v) is 5.91. The maximum absolute atomic E-state index is 12.6. The van der Waals surface area contributed by atoms with Crippen LogP contribution in [0.25, 0.3) is 11.0 Å². The van der Waals surface area contributed by atoms with Gasteiger partial charge >= 0.3 is 5.69 Å². The van der Waals surface area contributed by atoms with Crippen LogP contribution in [0.2, 0.25) is 0 Å². The summed E-state index contributed by atoms with van der Waals surface area (Å²) in [5.74, 6) is -0.0970. The molecule has 0 saturated heterocycles. The first-order valence-corrected chi connectivity index (χ1v) is 9.56. The number of aryl methyl sites for hydroxylation is 3. The number of aromatic nitrogens is 4. The van der Waals surface area contributed by atoms with Gasteiger partial charge in [0.15, 0.2) is 5.13 Å². The van der Waals surface area contributed by atoms with Gasteiger partial charge in [-0.25, -0.2) is 14.8 Å². The first-order chi connectivity index (χ1) is 12.3. The number of anilines is 1. The minimum atomic E-state index is -0.438. The molecular weight excluding hydrogens is 374 g/mol. The molecule has 26 heavy (non-hydrogen) atoms. The molecule has 0 aromatic carbocycles. The molecule has 3 aromatic heterocycles. The summed E-state index contributed by atoms with van der Waals surface area (Å²) < 4.78 is 2.38. The number of carbonyl (C=O) groups excluding carboxylic acids is 1. The van der Waals surface area contributed by atoms with Crippen LogP contribution in [0.1, 0.15) is 11.3 Å². The summed E-state index contributed by atoms with van der Waals surface area (Å²) >= 11 is 2.60. The van der Waals surface area contributed by atoms with Crippen molar-refractivity contribution in [2.45, 2.75) is 18.7 Å². The van der Waals surface area contributed by atoms with Crippen LogP contribution in [-0.4, -0.2) is 30.8 Å². The summed E-state index contributed by atoms with van der Waals surface area (Å²) in [7, 11) is 3.00. The van der Waals surface area contributed by atoms with Crippen LogP contribution in [-0.2, 0) is 18.9 Å². The lowest BCUT2D eigenvalue weighted by molar-refractivity contribution is -0.113. The monoisotopic (exact) mass is 391 g/mol. The number of amides is 1. The average Bonchev–Trinajstić information content (AvgIpc) is 3.01. The Kier molecular flexibility index (Phi) is 4.97. The van der Waals surface area contributed by atoms with Crippen molar-refractivity contribution in [2.75, 3.05) is 11.1 Å². The highest BCUT2D eigenvalue weighted by molar-refractivity contribution is 8.00. The van der Waals surface area contributed by atoms with E-state index in [1.807, 2.05) is 19.2 Å². The predicted molar refractivity (Wildman–Crippen MR) is 103 cm³/mol. The number of hydrogen-bond acceptors (Lipinski definition) is 7. The van der Waals surface area contributed by atoms with Crippen molar-refractivity contribution in [2.24, 2.45) is 14.1 Å². The van der Waals surface area contributed by atoms with Crippen molar-refractivity contribution in [3.63, 3.8) is 0 Å². The molecule has 10 heteroatoms. The van der Waals surface area contributed by atoms with Gasteiger partial charge in [-0.05, 0) is 19.4 Å². The van der Waals surface area contributed by atoms with Crippen molar-refractivity contribution < 1.29 is 4.79 Å². The predicted octanol–water partition coefficient (Wildman–Crippen LogP) is 1.44. The van der Waals surface area contributed by atoms with Crippen molar-refractivity contribution in [3.05, 3.63) is 43.7 Å². The van der Waals surface area contributed by atoms with Gasteiger partial charge in [0.1, 0.15) is 5.65 Å². The second-order valence-electron chi connectivity index (χ2n) is 5.81. The van der Waals surface area contributed by atoms with Gasteiger partial charge in [-0.3, -0.25) is 18.7 Å². The number of hydrogen-bond donors (Lipinski definition) is 1. The number of nitrogens with one attached hydrogen (secondary N) is 1. The zero-order chi connectivity index (χ0) is 19.0. The van der Waals surface area contributed by atoms with Gasteiger partial charge in [-0.15, -0.1) is 23.1 Å². The summed E-state index contributed by atoms with van der Waals surface area (Å²) in [5, 5.41) is 5.48. The fourth-order valence-corrected chi connectivity index (χ4v) is 4.14. The molecular formula is C16H17N5O3S2. The van der Waals surface area contributed by atoms with Crippen molar-refractivity contribution >= 4 is 45.2 Å². The molecule has 3 aromatic rings. The molecule has 0 unspecified atom stereocenters. The molecule has 3 heterocycles. The van der Waals surface area contributed by atoms with Gasteiger partial charge in [-0.1, -0.05) is 0 Å². The molecule has 8 nitrogen and oxygen atoms in total. The molecule has 1 amide bonds. The Balaban J connectivity index is 1.95. The lowest BCUT2D eigenvalue weighted by atomic mass is 10.2. The van der Waals surface area contributed by atoms with E-state index < -0.39 is 11.2 Å².